The molecule has 0 amide bonds. The number of piperidine rings is 1. The molecule has 0 aliphatic carbocycles. The van der Waals surface area contributed by atoms with Gasteiger partial charge in [0.2, 0.25) is 10.0 Å². The Balaban J connectivity index is 2.68. The summed E-state index contributed by atoms with van der Waals surface area (Å²) in [5.41, 5.74) is 4.33. The van der Waals surface area contributed by atoms with Crippen molar-refractivity contribution >= 4 is 15.9 Å². The zero-order chi connectivity index (χ0) is 16.3. The van der Waals surface area contributed by atoms with Crippen molar-refractivity contribution in [2.75, 3.05) is 25.9 Å². The third-order valence-electron chi connectivity index (χ3n) is 3.58. The van der Waals surface area contributed by atoms with E-state index >= 15 is 0 Å². The molecule has 6 nitrogen and oxygen atoms in total. The van der Waals surface area contributed by atoms with Gasteiger partial charge >= 0.3 is 6.18 Å². The smallest absolute Gasteiger partial charge is 0.386 e. The second-order valence-electron chi connectivity index (χ2n) is 5.44. The molecule has 0 spiro atoms. The van der Waals surface area contributed by atoms with Crippen LogP contribution < -0.4 is 10.5 Å². The van der Waals surface area contributed by atoms with Crippen molar-refractivity contribution in [2.45, 2.75) is 37.4 Å². The van der Waals surface area contributed by atoms with Crippen LogP contribution in [0.25, 0.3) is 0 Å². The second-order valence-corrected chi connectivity index (χ2v) is 7.28. The fourth-order valence-electron chi connectivity index (χ4n) is 2.24. The van der Waals surface area contributed by atoms with Crippen LogP contribution in [0.2, 0.25) is 0 Å². The summed E-state index contributed by atoms with van der Waals surface area (Å²) in [6.07, 6.45) is -5.37. The zero-order valence-electron chi connectivity index (χ0n) is 11.8. The number of sulfonamides is 1. The zero-order valence-corrected chi connectivity index (χ0v) is 12.6. The van der Waals surface area contributed by atoms with Gasteiger partial charge in [0, 0.05) is 19.5 Å². The van der Waals surface area contributed by atoms with Gasteiger partial charge in [-0.25, -0.2) is 13.1 Å². The van der Waals surface area contributed by atoms with Crippen LogP contribution in [-0.4, -0.2) is 56.8 Å². The second kappa shape index (κ2) is 6.49. The molecule has 124 valence electrons. The minimum atomic E-state index is -4.37. The standard InChI is InChI=1S/C11H21F3N4O2S/c1-18-6-4-10(5-7-18,9(15)16)17-21(19,20)8-2-3-11(12,13)14/h17H,2-8H2,1H3,(H3,15,16). The molecule has 0 aromatic heterocycles. The number of halogens is 3. The molecule has 0 unspecified atom stereocenters. The SMILES string of the molecule is CN1CCC(NS(=O)(=O)CCCC(F)(F)F)(C(=N)N)CC1. The van der Waals surface area contributed by atoms with E-state index < -0.39 is 40.3 Å². The topological polar surface area (TPSA) is 99.3 Å². The van der Waals surface area contributed by atoms with Crippen LogP contribution in [0.15, 0.2) is 0 Å². The minimum absolute atomic E-state index is 0.296. The van der Waals surface area contributed by atoms with Gasteiger partial charge in [-0.15, -0.1) is 0 Å². The molecule has 0 atom stereocenters. The molecular formula is C11H21F3N4O2S. The van der Waals surface area contributed by atoms with Crippen LogP contribution in [0.1, 0.15) is 25.7 Å². The molecule has 0 radical (unpaired) electrons. The summed E-state index contributed by atoms with van der Waals surface area (Å²) in [7, 11) is -2.05. The average Bonchev–Trinajstić information content (AvgIpc) is 2.29. The first kappa shape index (κ1) is 18.2. The number of likely N-dealkylation sites (tertiary alicyclic amines) is 1. The van der Waals surface area contributed by atoms with E-state index in [1.54, 1.807) is 0 Å². The van der Waals surface area contributed by atoms with Gasteiger partial charge in [0.25, 0.3) is 0 Å². The van der Waals surface area contributed by atoms with Crippen molar-refractivity contribution in [1.82, 2.24) is 9.62 Å². The van der Waals surface area contributed by atoms with Crippen LogP contribution in [0.5, 0.6) is 0 Å². The molecule has 0 aromatic carbocycles. The van der Waals surface area contributed by atoms with Gasteiger partial charge in [-0.3, -0.25) is 5.41 Å². The molecule has 1 aliphatic heterocycles. The number of nitrogens with one attached hydrogen (secondary N) is 2. The lowest BCUT2D eigenvalue weighted by atomic mass is 9.88. The summed E-state index contributed by atoms with van der Waals surface area (Å²) < 4.78 is 62.4. The Bertz CT molecular complexity index is 470. The van der Waals surface area contributed by atoms with Crippen LogP contribution in [-0.2, 0) is 10.0 Å². The van der Waals surface area contributed by atoms with Crippen molar-refractivity contribution in [3.63, 3.8) is 0 Å². The molecule has 4 N–H and O–H groups in total. The van der Waals surface area contributed by atoms with Gasteiger partial charge in [-0.1, -0.05) is 0 Å². The highest BCUT2D eigenvalue weighted by atomic mass is 32.2. The molecule has 1 heterocycles. The Morgan fingerprint density at radius 1 is 1.38 bits per heavy atom. The maximum Gasteiger partial charge on any atom is 0.389 e. The third-order valence-corrected chi connectivity index (χ3v) is 5.11. The Labute approximate surface area is 122 Å². The van der Waals surface area contributed by atoms with Crippen LogP contribution >= 0.6 is 0 Å². The van der Waals surface area contributed by atoms with Crippen molar-refractivity contribution < 1.29 is 21.6 Å². The van der Waals surface area contributed by atoms with Crippen LogP contribution in [0.3, 0.4) is 0 Å². The highest BCUT2D eigenvalue weighted by molar-refractivity contribution is 7.89. The number of nitrogens with zero attached hydrogens (tertiary/aromatic N) is 1. The van der Waals surface area contributed by atoms with Crippen molar-refractivity contribution in [2.24, 2.45) is 5.73 Å². The normalized spacial score (nSPS) is 20.4. The number of hydrogen-bond donors (Lipinski definition) is 3. The van der Waals surface area contributed by atoms with E-state index in [1.807, 2.05) is 11.9 Å². The van der Waals surface area contributed by atoms with E-state index in [2.05, 4.69) is 4.72 Å². The predicted molar refractivity (Wildman–Crippen MR) is 73.6 cm³/mol. The molecule has 0 saturated carbocycles. The van der Waals surface area contributed by atoms with Gasteiger partial charge in [0.05, 0.1) is 11.3 Å². The first-order valence-corrected chi connectivity index (χ1v) is 8.22. The van der Waals surface area contributed by atoms with E-state index in [0.717, 1.165) is 0 Å². The van der Waals surface area contributed by atoms with E-state index in [-0.39, 0.29) is 5.84 Å². The van der Waals surface area contributed by atoms with E-state index in [1.165, 1.54) is 0 Å². The number of hydrogen-bond acceptors (Lipinski definition) is 4. The molecule has 10 heteroatoms. The number of nitrogens with two attached hydrogens (primary N) is 1. The number of rotatable bonds is 6. The average molecular weight is 330 g/mol. The Morgan fingerprint density at radius 2 is 1.90 bits per heavy atom. The summed E-state index contributed by atoms with van der Waals surface area (Å²) >= 11 is 0. The molecule has 1 aliphatic rings. The maximum atomic E-state index is 12.1. The van der Waals surface area contributed by atoms with Crippen LogP contribution in [0, 0.1) is 5.41 Å². The fourth-order valence-corrected chi connectivity index (χ4v) is 3.77. The number of alkyl halides is 3. The summed E-state index contributed by atoms with van der Waals surface area (Å²) in [6, 6.07) is 0. The van der Waals surface area contributed by atoms with E-state index in [9.17, 15) is 21.6 Å². The lowest BCUT2D eigenvalue weighted by Crippen LogP contribution is -2.61. The van der Waals surface area contributed by atoms with Gasteiger partial charge in [0.15, 0.2) is 0 Å². The van der Waals surface area contributed by atoms with Gasteiger partial charge in [-0.05, 0) is 26.3 Å². The van der Waals surface area contributed by atoms with Crippen molar-refractivity contribution in [3.8, 4) is 0 Å². The molecular weight excluding hydrogens is 309 g/mol. The minimum Gasteiger partial charge on any atom is -0.386 e. The molecule has 1 saturated heterocycles. The first-order chi connectivity index (χ1) is 9.46. The van der Waals surface area contributed by atoms with Gasteiger partial charge < -0.3 is 10.6 Å². The number of amidine groups is 1. The lowest BCUT2D eigenvalue weighted by Gasteiger charge is -2.39. The highest BCUT2D eigenvalue weighted by Crippen LogP contribution is 2.24. The third kappa shape index (κ3) is 5.79. The highest BCUT2D eigenvalue weighted by Gasteiger charge is 2.40. The van der Waals surface area contributed by atoms with Gasteiger partial charge in [0.1, 0.15) is 5.84 Å². The largest absolute Gasteiger partial charge is 0.389 e. The van der Waals surface area contributed by atoms with Gasteiger partial charge in [-0.2, -0.15) is 13.2 Å². The summed E-state index contributed by atoms with van der Waals surface area (Å²) in [5, 5.41) is 7.61. The Morgan fingerprint density at radius 3 is 2.33 bits per heavy atom. The van der Waals surface area contributed by atoms with E-state index in [4.69, 9.17) is 11.1 Å². The Kier molecular flexibility index (Phi) is 5.62. The van der Waals surface area contributed by atoms with E-state index in [0.29, 0.717) is 25.9 Å². The maximum absolute atomic E-state index is 12.1. The molecule has 1 fully saturated rings. The fraction of sp³-hybridized carbons (Fsp3) is 0.909. The molecule has 1 rings (SSSR count). The lowest BCUT2D eigenvalue weighted by molar-refractivity contribution is -0.134. The van der Waals surface area contributed by atoms with Crippen molar-refractivity contribution in [1.29, 1.82) is 5.41 Å². The molecule has 21 heavy (non-hydrogen) atoms. The molecule has 0 bridgehead atoms. The summed E-state index contributed by atoms with van der Waals surface area (Å²) in [6.45, 7) is 1.12. The predicted octanol–water partition coefficient (Wildman–Crippen LogP) is 0.649. The monoisotopic (exact) mass is 330 g/mol. The summed E-state index contributed by atoms with van der Waals surface area (Å²) in [4.78, 5) is 1.97. The Hall–Kier alpha value is -0.870. The first-order valence-electron chi connectivity index (χ1n) is 6.57. The van der Waals surface area contributed by atoms with Crippen LogP contribution in [0.4, 0.5) is 13.2 Å². The van der Waals surface area contributed by atoms with Crippen molar-refractivity contribution in [3.05, 3.63) is 0 Å². The quantitative estimate of drug-likeness (QED) is 0.492. The summed E-state index contributed by atoms with van der Waals surface area (Å²) in [5.74, 6) is -0.924. The molecule has 0 aromatic rings.